The first kappa shape index (κ1) is 13.7. The van der Waals surface area contributed by atoms with Gasteiger partial charge in [-0.1, -0.05) is 13.3 Å². The summed E-state index contributed by atoms with van der Waals surface area (Å²) in [5.74, 6) is 0. The molecule has 0 amide bonds. The molecule has 0 radical (unpaired) electrons. The smallest absolute Gasteiger partial charge is 0.0195 e. The van der Waals surface area contributed by atoms with Gasteiger partial charge in [-0.2, -0.15) is 11.8 Å². The molecule has 3 heteroatoms. The lowest BCUT2D eigenvalue weighted by atomic mass is 9.92. The van der Waals surface area contributed by atoms with Gasteiger partial charge in [0.15, 0.2) is 0 Å². The van der Waals surface area contributed by atoms with E-state index in [4.69, 9.17) is 0 Å². The van der Waals surface area contributed by atoms with E-state index in [1.165, 1.54) is 58.2 Å². The molecule has 1 unspecified atom stereocenters. The Kier molecular flexibility index (Phi) is 5.64. The average Bonchev–Trinajstić information content (AvgIpc) is 2.40. The number of hydrogen-bond donors (Lipinski definition) is 1. The van der Waals surface area contributed by atoms with Crippen LogP contribution < -0.4 is 5.32 Å². The fraction of sp³-hybridized carbons (Fsp3) is 1.00. The summed E-state index contributed by atoms with van der Waals surface area (Å²) in [4.78, 5) is 2.77. The van der Waals surface area contributed by atoms with Crippen molar-refractivity contribution in [1.82, 2.24) is 10.2 Å². The fourth-order valence-electron chi connectivity index (χ4n) is 3.37. The molecule has 0 spiro atoms. The minimum absolute atomic E-state index is 0.757. The highest BCUT2D eigenvalue weighted by Crippen LogP contribution is 2.30. The van der Waals surface area contributed by atoms with Crippen molar-refractivity contribution in [2.24, 2.45) is 0 Å². The Bertz CT molecular complexity index is 212. The van der Waals surface area contributed by atoms with E-state index in [0.717, 1.165) is 17.3 Å². The van der Waals surface area contributed by atoms with E-state index in [9.17, 15) is 0 Å². The molecule has 2 rings (SSSR count). The van der Waals surface area contributed by atoms with Crippen LogP contribution in [0.25, 0.3) is 0 Å². The highest BCUT2D eigenvalue weighted by atomic mass is 32.2. The Hall–Kier alpha value is 0.270. The number of nitrogens with one attached hydrogen (secondary N) is 1. The molecule has 1 aliphatic carbocycles. The van der Waals surface area contributed by atoms with Gasteiger partial charge in [-0.05, 0) is 38.4 Å². The van der Waals surface area contributed by atoms with E-state index in [1.54, 1.807) is 0 Å². The van der Waals surface area contributed by atoms with E-state index in [1.807, 2.05) is 0 Å². The molecule has 0 aromatic carbocycles. The van der Waals surface area contributed by atoms with Crippen molar-refractivity contribution in [2.45, 2.75) is 62.8 Å². The average molecular weight is 256 g/mol. The summed E-state index contributed by atoms with van der Waals surface area (Å²) in [5.41, 5.74) is 0. The maximum Gasteiger partial charge on any atom is 0.0195 e. The van der Waals surface area contributed by atoms with Gasteiger partial charge in [0.25, 0.3) is 0 Å². The second-order valence-corrected chi connectivity index (χ2v) is 6.74. The second-order valence-electron chi connectivity index (χ2n) is 5.60. The van der Waals surface area contributed by atoms with Crippen LogP contribution in [0.4, 0.5) is 0 Å². The first-order valence-electron chi connectivity index (χ1n) is 7.33. The molecule has 0 bridgehead atoms. The number of thioether (sulfide) groups is 1. The molecule has 1 aliphatic heterocycles. The summed E-state index contributed by atoms with van der Waals surface area (Å²) < 4.78 is 0. The Labute approximate surface area is 111 Å². The molecule has 1 saturated heterocycles. The summed E-state index contributed by atoms with van der Waals surface area (Å²) in [6.45, 7) is 6.06. The molecular formula is C14H28N2S. The van der Waals surface area contributed by atoms with Crippen molar-refractivity contribution in [3.05, 3.63) is 0 Å². The van der Waals surface area contributed by atoms with Crippen LogP contribution in [-0.4, -0.2) is 48.1 Å². The van der Waals surface area contributed by atoms with Crippen LogP contribution in [0, 0.1) is 0 Å². The fourth-order valence-corrected chi connectivity index (χ4v) is 4.11. The summed E-state index contributed by atoms with van der Waals surface area (Å²) in [7, 11) is 0. The summed E-state index contributed by atoms with van der Waals surface area (Å²) in [5, 5.41) is 4.61. The Morgan fingerprint density at radius 3 is 2.65 bits per heavy atom. The topological polar surface area (TPSA) is 15.3 Å². The molecule has 1 heterocycles. The normalized spacial score (nSPS) is 36.0. The van der Waals surface area contributed by atoms with E-state index in [-0.39, 0.29) is 0 Å². The molecule has 2 aliphatic rings. The molecule has 2 nitrogen and oxygen atoms in total. The van der Waals surface area contributed by atoms with Crippen LogP contribution in [0.5, 0.6) is 0 Å². The van der Waals surface area contributed by atoms with Gasteiger partial charge in [-0.15, -0.1) is 0 Å². The lowest BCUT2D eigenvalue weighted by molar-refractivity contribution is 0.114. The molecule has 17 heavy (non-hydrogen) atoms. The first-order valence-corrected chi connectivity index (χ1v) is 8.62. The molecule has 0 aromatic rings. The molecule has 0 aromatic heterocycles. The van der Waals surface area contributed by atoms with Crippen molar-refractivity contribution in [1.29, 1.82) is 0 Å². The van der Waals surface area contributed by atoms with Gasteiger partial charge in [0.2, 0.25) is 0 Å². The lowest BCUT2D eigenvalue weighted by Crippen LogP contribution is -2.54. The van der Waals surface area contributed by atoms with Crippen molar-refractivity contribution < 1.29 is 0 Å². The molecule has 2 fully saturated rings. The zero-order chi connectivity index (χ0) is 12.1. The standard InChI is InChI=1S/C14H28N2S/c1-3-4-12-11-16(10-9-15-12)13-5-7-14(17-2)8-6-13/h12-15H,3-11H2,1-2H3. The monoisotopic (exact) mass is 256 g/mol. The third kappa shape index (κ3) is 3.87. The number of nitrogens with zero attached hydrogens (tertiary/aromatic N) is 1. The number of piperazine rings is 1. The molecular weight excluding hydrogens is 228 g/mol. The van der Waals surface area contributed by atoms with Gasteiger partial charge in [0.05, 0.1) is 0 Å². The van der Waals surface area contributed by atoms with E-state index in [0.29, 0.717) is 0 Å². The van der Waals surface area contributed by atoms with Crippen LogP contribution in [0.2, 0.25) is 0 Å². The van der Waals surface area contributed by atoms with Crippen LogP contribution in [0.15, 0.2) is 0 Å². The highest BCUT2D eigenvalue weighted by molar-refractivity contribution is 7.99. The number of hydrogen-bond acceptors (Lipinski definition) is 3. The molecule has 100 valence electrons. The molecule has 1 atom stereocenters. The van der Waals surface area contributed by atoms with Gasteiger partial charge in [0, 0.05) is 37.0 Å². The Morgan fingerprint density at radius 1 is 1.24 bits per heavy atom. The Balaban J connectivity index is 1.77. The minimum Gasteiger partial charge on any atom is -0.311 e. The van der Waals surface area contributed by atoms with Gasteiger partial charge >= 0.3 is 0 Å². The predicted molar refractivity (Wildman–Crippen MR) is 77.8 cm³/mol. The minimum atomic E-state index is 0.757. The largest absolute Gasteiger partial charge is 0.311 e. The predicted octanol–water partition coefficient (Wildman–Crippen LogP) is 2.73. The van der Waals surface area contributed by atoms with Gasteiger partial charge < -0.3 is 5.32 Å². The zero-order valence-electron chi connectivity index (χ0n) is 11.5. The molecule has 1 saturated carbocycles. The van der Waals surface area contributed by atoms with Crippen molar-refractivity contribution >= 4 is 11.8 Å². The first-order chi connectivity index (χ1) is 8.33. The highest BCUT2D eigenvalue weighted by Gasteiger charge is 2.28. The molecule has 1 N–H and O–H groups in total. The summed E-state index contributed by atoms with van der Waals surface area (Å²) in [6, 6.07) is 1.65. The van der Waals surface area contributed by atoms with E-state index >= 15 is 0 Å². The van der Waals surface area contributed by atoms with Crippen LogP contribution in [-0.2, 0) is 0 Å². The van der Waals surface area contributed by atoms with Crippen molar-refractivity contribution in [3.63, 3.8) is 0 Å². The summed E-state index contributed by atoms with van der Waals surface area (Å²) >= 11 is 2.07. The van der Waals surface area contributed by atoms with Gasteiger partial charge in [-0.3, -0.25) is 4.90 Å². The quantitative estimate of drug-likeness (QED) is 0.832. The van der Waals surface area contributed by atoms with Crippen LogP contribution in [0.3, 0.4) is 0 Å². The van der Waals surface area contributed by atoms with Crippen molar-refractivity contribution in [3.8, 4) is 0 Å². The van der Waals surface area contributed by atoms with E-state index in [2.05, 4.69) is 35.2 Å². The maximum atomic E-state index is 3.66. The second kappa shape index (κ2) is 7.01. The third-order valence-corrected chi connectivity index (χ3v) is 5.56. The maximum absolute atomic E-state index is 3.66. The Morgan fingerprint density at radius 2 is 2.00 bits per heavy atom. The van der Waals surface area contributed by atoms with Crippen LogP contribution >= 0.6 is 11.8 Å². The van der Waals surface area contributed by atoms with Crippen LogP contribution in [0.1, 0.15) is 45.4 Å². The summed E-state index contributed by atoms with van der Waals surface area (Å²) in [6.07, 6.45) is 10.7. The zero-order valence-corrected chi connectivity index (χ0v) is 12.3. The third-order valence-electron chi connectivity index (χ3n) is 4.42. The van der Waals surface area contributed by atoms with E-state index < -0.39 is 0 Å². The lowest BCUT2D eigenvalue weighted by Gasteiger charge is -2.41. The van der Waals surface area contributed by atoms with Gasteiger partial charge in [-0.25, -0.2) is 0 Å². The SMILES string of the molecule is CCCC1CN(C2CCC(SC)CC2)CCN1. The van der Waals surface area contributed by atoms with Gasteiger partial charge in [0.1, 0.15) is 0 Å². The number of rotatable bonds is 4. The van der Waals surface area contributed by atoms with Crippen molar-refractivity contribution in [2.75, 3.05) is 25.9 Å².